The monoisotopic (exact) mass is 373 g/mol. The summed E-state index contributed by atoms with van der Waals surface area (Å²) in [5.74, 6) is -1.79. The van der Waals surface area contributed by atoms with Crippen LogP contribution in [0.2, 0.25) is 0 Å². The number of ether oxygens (including phenoxy) is 2. The zero-order valence-corrected chi connectivity index (χ0v) is 12.8. The van der Waals surface area contributed by atoms with Crippen molar-refractivity contribution in [2.45, 2.75) is 24.5 Å². The fourth-order valence-electron chi connectivity index (χ4n) is 2.45. The fraction of sp³-hybridized carbons (Fsp3) is 0.385. The minimum atomic E-state index is -1.01. The van der Waals surface area contributed by atoms with Gasteiger partial charge >= 0.3 is 11.7 Å². The van der Waals surface area contributed by atoms with Gasteiger partial charge in [-0.25, -0.2) is 9.18 Å². The molecule has 2 aromatic heterocycles. The Morgan fingerprint density at radius 2 is 2.08 bits per heavy atom. The van der Waals surface area contributed by atoms with E-state index in [9.17, 15) is 23.5 Å². The highest BCUT2D eigenvalue weighted by atomic mass is 19.1. The van der Waals surface area contributed by atoms with Crippen LogP contribution >= 0.6 is 0 Å². The van der Waals surface area contributed by atoms with Gasteiger partial charge in [0.25, 0.3) is 5.56 Å². The van der Waals surface area contributed by atoms with E-state index in [-0.39, 0.29) is 12.6 Å². The zero-order chi connectivity index (χ0) is 19.0. The van der Waals surface area contributed by atoms with Crippen LogP contribution < -0.4 is 21.5 Å². The Labute approximate surface area is 142 Å². The van der Waals surface area contributed by atoms with Gasteiger partial charge in [0.1, 0.15) is 12.2 Å². The molecule has 140 valence electrons. The maximum absolute atomic E-state index is 13.2. The number of H-pyrrole nitrogens is 2. The average molecular weight is 373 g/mol. The Kier molecular flexibility index (Phi) is 4.67. The molecule has 26 heavy (non-hydrogen) atoms. The van der Waals surface area contributed by atoms with Crippen LogP contribution in [0.4, 0.5) is 8.78 Å². The summed E-state index contributed by atoms with van der Waals surface area (Å²) in [6, 6.07) is 0.0295. The van der Waals surface area contributed by atoms with Crippen molar-refractivity contribution in [3.63, 3.8) is 0 Å². The van der Waals surface area contributed by atoms with Crippen LogP contribution in [0.5, 0.6) is 6.01 Å². The minimum Gasteiger partial charge on any atom is -0.454 e. The predicted octanol–water partition coefficient (Wildman–Crippen LogP) is -2.28. The molecule has 11 nitrogen and oxygen atoms in total. The highest BCUT2D eigenvalue weighted by Crippen LogP contribution is 2.38. The smallest absolute Gasteiger partial charge is 0.325 e. The molecule has 1 fully saturated rings. The van der Waals surface area contributed by atoms with E-state index in [0.29, 0.717) is 6.20 Å². The molecule has 0 bridgehead atoms. The number of rotatable bonds is 1. The molecular formula is C13H13F2N5O6. The molecule has 0 aliphatic carbocycles. The first-order chi connectivity index (χ1) is 12.3. The summed E-state index contributed by atoms with van der Waals surface area (Å²) >= 11 is 0. The van der Waals surface area contributed by atoms with Crippen LogP contribution in [0.1, 0.15) is 6.23 Å². The summed E-state index contributed by atoms with van der Waals surface area (Å²) in [6.45, 7) is -0.347. The van der Waals surface area contributed by atoms with Crippen LogP contribution in [-0.2, 0) is 4.74 Å². The first-order valence-electron chi connectivity index (χ1n) is 7.23. The molecule has 0 unspecified atom stereocenters. The SMILES string of the molecule is N=c1nc2n(cc1F)[C@@H]1O[C@H](CO)[C@@H](O)[C@@H]1O2.O=c1[nH]cc(F)c(=O)[nH]1. The molecule has 4 atom stereocenters. The molecule has 4 heterocycles. The normalized spacial score (nSPS) is 25.7. The van der Waals surface area contributed by atoms with Crippen molar-refractivity contribution in [1.82, 2.24) is 19.5 Å². The molecule has 13 heteroatoms. The van der Waals surface area contributed by atoms with Gasteiger partial charge in [0.05, 0.1) is 12.8 Å². The lowest BCUT2D eigenvalue weighted by Crippen LogP contribution is -2.34. The zero-order valence-electron chi connectivity index (χ0n) is 12.8. The van der Waals surface area contributed by atoms with Crippen LogP contribution in [-0.4, -0.2) is 54.7 Å². The van der Waals surface area contributed by atoms with Crippen LogP contribution in [0.3, 0.4) is 0 Å². The van der Waals surface area contributed by atoms with E-state index < -0.39 is 52.9 Å². The number of aromatic amines is 2. The quantitative estimate of drug-likeness (QED) is 0.375. The van der Waals surface area contributed by atoms with Gasteiger partial charge in [-0.3, -0.25) is 19.8 Å². The van der Waals surface area contributed by atoms with E-state index in [4.69, 9.17) is 20.0 Å². The maximum Gasteiger partial charge on any atom is 0.325 e. The van der Waals surface area contributed by atoms with Gasteiger partial charge in [-0.15, -0.1) is 0 Å². The molecular weight excluding hydrogens is 360 g/mol. The third kappa shape index (κ3) is 3.14. The maximum atomic E-state index is 13.2. The molecule has 0 amide bonds. The molecule has 1 saturated heterocycles. The van der Waals surface area contributed by atoms with E-state index in [1.54, 1.807) is 4.98 Å². The van der Waals surface area contributed by atoms with Gasteiger partial charge in [-0.1, -0.05) is 0 Å². The van der Waals surface area contributed by atoms with Crippen LogP contribution in [0.25, 0.3) is 0 Å². The summed E-state index contributed by atoms with van der Waals surface area (Å²) in [5, 5.41) is 25.9. The first kappa shape index (κ1) is 17.9. The lowest BCUT2D eigenvalue weighted by Gasteiger charge is -2.14. The summed E-state index contributed by atoms with van der Waals surface area (Å²) in [6.07, 6.45) is -1.47. The predicted molar refractivity (Wildman–Crippen MR) is 77.1 cm³/mol. The number of hydrogen-bond acceptors (Lipinski definition) is 8. The Morgan fingerprint density at radius 1 is 1.35 bits per heavy atom. The highest BCUT2D eigenvalue weighted by molar-refractivity contribution is 5.11. The average Bonchev–Trinajstić information content (AvgIpc) is 3.09. The standard InChI is InChI=1S/C9H10FN3O4.C4H3FN2O2/c10-3-1-13-8-6(5(15)4(2-14)16-8)17-9(13)12-7(3)11;5-2-1-6-4(9)7-3(2)8/h1,4-6,8,11,14-15H,2H2;1H,(H2,6,7,8,9)/t4-,5-,6+,8-;/m1./s1. The van der Waals surface area contributed by atoms with E-state index >= 15 is 0 Å². The van der Waals surface area contributed by atoms with Crippen molar-refractivity contribution in [3.8, 4) is 6.01 Å². The van der Waals surface area contributed by atoms with Crippen LogP contribution in [0, 0.1) is 17.0 Å². The third-order valence-electron chi connectivity index (χ3n) is 3.69. The van der Waals surface area contributed by atoms with Crippen molar-refractivity contribution >= 4 is 0 Å². The molecule has 0 spiro atoms. The number of hydrogen-bond donors (Lipinski definition) is 5. The summed E-state index contributed by atoms with van der Waals surface area (Å²) in [7, 11) is 0. The molecule has 2 aromatic rings. The lowest BCUT2D eigenvalue weighted by molar-refractivity contribution is -0.0437. The first-order valence-corrected chi connectivity index (χ1v) is 7.23. The van der Waals surface area contributed by atoms with Crippen molar-refractivity contribution in [3.05, 3.63) is 50.4 Å². The minimum absolute atomic E-state index is 0.0295. The van der Waals surface area contributed by atoms with E-state index in [1.165, 1.54) is 4.57 Å². The van der Waals surface area contributed by atoms with Gasteiger partial charge in [-0.2, -0.15) is 9.37 Å². The number of aromatic nitrogens is 4. The van der Waals surface area contributed by atoms with E-state index in [1.807, 2.05) is 4.98 Å². The number of halogens is 2. The Hall–Kier alpha value is -2.90. The second-order valence-electron chi connectivity index (χ2n) is 5.37. The fourth-order valence-corrected chi connectivity index (χ4v) is 2.45. The lowest BCUT2D eigenvalue weighted by atomic mass is 10.1. The van der Waals surface area contributed by atoms with Crippen molar-refractivity contribution in [2.24, 2.45) is 0 Å². The number of fused-ring (bicyclic) bond motifs is 3. The van der Waals surface area contributed by atoms with Crippen molar-refractivity contribution in [2.75, 3.05) is 6.61 Å². The highest BCUT2D eigenvalue weighted by Gasteiger charge is 2.51. The Morgan fingerprint density at radius 3 is 2.69 bits per heavy atom. The molecule has 0 radical (unpaired) electrons. The van der Waals surface area contributed by atoms with Gasteiger partial charge in [0, 0.05) is 6.20 Å². The third-order valence-corrected chi connectivity index (χ3v) is 3.69. The second-order valence-corrected chi connectivity index (χ2v) is 5.37. The molecule has 4 rings (SSSR count). The summed E-state index contributed by atoms with van der Waals surface area (Å²) in [5.41, 5.74) is -2.23. The number of nitrogens with one attached hydrogen (secondary N) is 3. The van der Waals surface area contributed by atoms with Gasteiger partial charge in [-0.05, 0) is 0 Å². The topological polar surface area (TPSA) is 166 Å². The van der Waals surface area contributed by atoms with Crippen molar-refractivity contribution in [1.29, 1.82) is 5.41 Å². The summed E-state index contributed by atoms with van der Waals surface area (Å²) < 4.78 is 37.1. The van der Waals surface area contributed by atoms with E-state index in [0.717, 1.165) is 6.20 Å². The summed E-state index contributed by atoms with van der Waals surface area (Å²) in [4.78, 5) is 27.6. The van der Waals surface area contributed by atoms with Gasteiger partial charge < -0.3 is 24.7 Å². The second kappa shape index (κ2) is 6.78. The Balaban J connectivity index is 0.000000185. The van der Waals surface area contributed by atoms with Crippen LogP contribution in [0.15, 0.2) is 22.0 Å². The van der Waals surface area contributed by atoms with Crippen molar-refractivity contribution < 1.29 is 28.5 Å². The number of aliphatic hydroxyl groups is 2. The molecule has 0 saturated carbocycles. The molecule has 2 aliphatic heterocycles. The largest absolute Gasteiger partial charge is 0.454 e. The molecule has 0 aromatic carbocycles. The van der Waals surface area contributed by atoms with Gasteiger partial charge in [0.15, 0.2) is 23.6 Å². The van der Waals surface area contributed by atoms with Gasteiger partial charge in [0.2, 0.25) is 5.82 Å². The van der Waals surface area contributed by atoms with E-state index in [2.05, 4.69) is 4.98 Å². The number of aliphatic hydroxyl groups excluding tert-OH is 2. The number of nitrogens with zero attached hydrogens (tertiary/aromatic N) is 2. The molecule has 5 N–H and O–H groups in total. The molecule has 2 aliphatic rings. The Bertz CT molecular complexity index is 988.